The SMILES string of the molecule is Cc1c#cc(N(/C=C(\C2=CC=CCC2)c2ccccc2)c2ccc(/C=C/C=C/c3ccc(N(c4ccc(C)cc4C)c4ccc(C)cc4C)c4ccccc34)cc2)cc1. The average Bonchev–Trinajstić information content (AvgIpc) is 3.26. The fourth-order valence-electron chi connectivity index (χ4n) is 8.01. The third-order valence-corrected chi connectivity index (χ3v) is 11.1. The Kier molecular flexibility index (Phi) is 11.6. The molecule has 0 heterocycles. The molecule has 8 rings (SSSR count). The molecule has 2 heteroatoms. The molecule has 0 radical (unpaired) electrons. The van der Waals surface area contributed by atoms with E-state index in [2.05, 4.69) is 245 Å². The molecule has 0 aromatic heterocycles. The van der Waals surface area contributed by atoms with Crippen molar-refractivity contribution in [3.05, 3.63) is 238 Å². The quantitative estimate of drug-likeness (QED) is 0.121. The van der Waals surface area contributed by atoms with Crippen LogP contribution < -0.4 is 9.80 Å². The van der Waals surface area contributed by atoms with Crippen LogP contribution in [0.1, 0.15) is 57.3 Å². The molecular weight excluding hydrogens is 713 g/mol. The molecule has 0 atom stereocenters. The number of fused-ring (bicyclic) bond motifs is 1. The summed E-state index contributed by atoms with van der Waals surface area (Å²) in [7, 11) is 0. The van der Waals surface area contributed by atoms with Gasteiger partial charge in [0.1, 0.15) is 0 Å². The topological polar surface area (TPSA) is 6.48 Å². The highest BCUT2D eigenvalue weighted by molar-refractivity contribution is 6.03. The first-order chi connectivity index (χ1) is 28.8. The first-order valence-corrected chi connectivity index (χ1v) is 20.6. The molecule has 1 aliphatic carbocycles. The van der Waals surface area contributed by atoms with Gasteiger partial charge in [-0.3, -0.25) is 0 Å². The second kappa shape index (κ2) is 17.6. The van der Waals surface area contributed by atoms with Gasteiger partial charge >= 0.3 is 0 Å². The number of hydrogen-bond donors (Lipinski definition) is 0. The minimum absolute atomic E-state index is 0.951. The van der Waals surface area contributed by atoms with Crippen molar-refractivity contribution in [2.24, 2.45) is 0 Å². The predicted octanol–water partition coefficient (Wildman–Crippen LogP) is 15.6. The Morgan fingerprint density at radius 3 is 1.90 bits per heavy atom. The van der Waals surface area contributed by atoms with Gasteiger partial charge in [0.05, 0.1) is 11.4 Å². The molecule has 1 aliphatic rings. The van der Waals surface area contributed by atoms with Gasteiger partial charge in [0, 0.05) is 34.2 Å². The fourth-order valence-corrected chi connectivity index (χ4v) is 8.01. The van der Waals surface area contributed by atoms with Crippen LogP contribution in [0.15, 0.2) is 182 Å². The highest BCUT2D eigenvalue weighted by Crippen LogP contribution is 2.43. The van der Waals surface area contributed by atoms with Crippen molar-refractivity contribution in [3.8, 4) is 0 Å². The first kappa shape index (κ1) is 38.8. The maximum absolute atomic E-state index is 3.41. The number of benzene rings is 6. The first-order valence-electron chi connectivity index (χ1n) is 20.6. The fraction of sp³-hybridized carbons (Fsp3) is 0.123. The Labute approximate surface area is 351 Å². The zero-order valence-corrected chi connectivity index (χ0v) is 34.7. The summed E-state index contributed by atoms with van der Waals surface area (Å²) < 4.78 is 0. The number of hydrogen-bond acceptors (Lipinski definition) is 2. The molecule has 0 saturated carbocycles. The van der Waals surface area contributed by atoms with Gasteiger partial charge in [0.25, 0.3) is 0 Å². The zero-order chi connectivity index (χ0) is 40.7. The monoisotopic (exact) mass is 762 g/mol. The number of anilines is 5. The summed E-state index contributed by atoms with van der Waals surface area (Å²) in [5, 5.41) is 2.43. The molecule has 0 saturated heterocycles. The van der Waals surface area contributed by atoms with Crippen LogP contribution in [0.5, 0.6) is 0 Å². The molecule has 0 N–H and O–H groups in total. The third kappa shape index (κ3) is 8.76. The minimum atomic E-state index is 0.951. The Balaban J connectivity index is 1.09. The highest BCUT2D eigenvalue weighted by Gasteiger charge is 2.20. The molecule has 7 aromatic rings. The molecule has 0 unspecified atom stereocenters. The van der Waals surface area contributed by atoms with Crippen LogP contribution in [0, 0.1) is 46.8 Å². The van der Waals surface area contributed by atoms with Crippen LogP contribution in [0.2, 0.25) is 0 Å². The molecule has 7 aromatic carbocycles. The predicted molar refractivity (Wildman–Crippen MR) is 254 cm³/mol. The van der Waals surface area contributed by atoms with Crippen LogP contribution in [-0.4, -0.2) is 0 Å². The lowest BCUT2D eigenvalue weighted by Crippen LogP contribution is -2.13. The van der Waals surface area contributed by atoms with E-state index in [1.807, 2.05) is 0 Å². The van der Waals surface area contributed by atoms with E-state index in [9.17, 15) is 0 Å². The van der Waals surface area contributed by atoms with Crippen molar-refractivity contribution in [1.29, 1.82) is 0 Å². The summed E-state index contributed by atoms with van der Waals surface area (Å²) in [5.41, 5.74) is 17.7. The van der Waals surface area contributed by atoms with Gasteiger partial charge < -0.3 is 9.80 Å². The van der Waals surface area contributed by atoms with Crippen LogP contribution >= 0.6 is 0 Å². The van der Waals surface area contributed by atoms with Gasteiger partial charge in [-0.05, 0) is 140 Å². The largest absolute Gasteiger partial charge is 0.309 e. The Morgan fingerprint density at radius 1 is 0.593 bits per heavy atom. The van der Waals surface area contributed by atoms with Gasteiger partial charge in [0.2, 0.25) is 0 Å². The van der Waals surface area contributed by atoms with Crippen molar-refractivity contribution in [2.45, 2.75) is 47.5 Å². The summed E-state index contributed by atoms with van der Waals surface area (Å²) in [5.74, 6) is 0. The van der Waals surface area contributed by atoms with Crippen LogP contribution in [0.25, 0.3) is 28.5 Å². The molecule has 0 aliphatic heterocycles. The lowest BCUT2D eigenvalue weighted by atomic mass is 9.92. The number of rotatable bonds is 11. The number of nitrogens with zero attached hydrogens (tertiary/aromatic N) is 2. The van der Waals surface area contributed by atoms with Gasteiger partial charge in [-0.2, -0.15) is 0 Å². The van der Waals surface area contributed by atoms with E-state index in [0.717, 1.165) is 35.3 Å². The van der Waals surface area contributed by atoms with E-state index in [1.54, 1.807) is 0 Å². The van der Waals surface area contributed by atoms with Crippen molar-refractivity contribution in [3.63, 3.8) is 0 Å². The van der Waals surface area contributed by atoms with E-state index in [4.69, 9.17) is 0 Å². The van der Waals surface area contributed by atoms with Gasteiger partial charge in [-0.1, -0.05) is 157 Å². The second-order valence-electron chi connectivity index (χ2n) is 15.5. The Morgan fingerprint density at radius 2 is 1.25 bits per heavy atom. The van der Waals surface area contributed by atoms with Crippen molar-refractivity contribution < 1.29 is 0 Å². The molecular formula is C57H50N2. The molecule has 2 nitrogen and oxygen atoms in total. The maximum atomic E-state index is 3.41. The lowest BCUT2D eigenvalue weighted by Gasteiger charge is -2.30. The van der Waals surface area contributed by atoms with Gasteiger partial charge in [0.15, 0.2) is 0 Å². The lowest BCUT2D eigenvalue weighted by molar-refractivity contribution is 0.994. The number of allylic oxidation sites excluding steroid dienone is 7. The van der Waals surface area contributed by atoms with Crippen molar-refractivity contribution >= 4 is 56.9 Å². The zero-order valence-electron chi connectivity index (χ0n) is 34.7. The van der Waals surface area contributed by atoms with E-state index in [1.165, 1.54) is 72.4 Å². The summed E-state index contributed by atoms with van der Waals surface area (Å²) in [4.78, 5) is 4.67. The second-order valence-corrected chi connectivity index (χ2v) is 15.5. The third-order valence-electron chi connectivity index (χ3n) is 11.1. The van der Waals surface area contributed by atoms with E-state index in [0.29, 0.717) is 0 Å². The molecule has 59 heavy (non-hydrogen) atoms. The van der Waals surface area contributed by atoms with Crippen molar-refractivity contribution in [2.75, 3.05) is 9.80 Å². The maximum Gasteiger partial charge on any atom is 0.0969 e. The standard InChI is InChI=1S/C57H50N2/c1-41-24-31-50(32-25-41)58(40-54(47-17-8-6-9-18-47)48-19-10-7-11-20-48)51-33-28-46(29-34-51)16-12-13-21-49-30-37-57(53-23-15-14-22-52(49)53)59(55-35-26-42(2)38-44(55)4)56-36-27-43(3)39-45(56)5/h6-10,12-19,21-24,26-31,33-40H,11,20H2,1-5H3/b16-12+,21-13+,54-40-. The average molecular weight is 763 g/mol. The van der Waals surface area contributed by atoms with Crippen LogP contribution in [0.4, 0.5) is 28.4 Å². The molecule has 0 bridgehead atoms. The van der Waals surface area contributed by atoms with E-state index < -0.39 is 0 Å². The molecule has 288 valence electrons. The summed E-state index contributed by atoms with van der Waals surface area (Å²) >= 11 is 0. The summed E-state index contributed by atoms with van der Waals surface area (Å²) in [6.45, 7) is 10.8. The van der Waals surface area contributed by atoms with E-state index >= 15 is 0 Å². The molecule has 0 amide bonds. The summed E-state index contributed by atoms with van der Waals surface area (Å²) in [6.07, 6.45) is 19.6. The smallest absolute Gasteiger partial charge is 0.0969 e. The van der Waals surface area contributed by atoms with Crippen molar-refractivity contribution in [1.82, 2.24) is 0 Å². The Bertz CT molecular complexity index is 2690. The normalized spacial score (nSPS) is 12.9. The minimum Gasteiger partial charge on any atom is -0.309 e. The van der Waals surface area contributed by atoms with Crippen LogP contribution in [-0.2, 0) is 0 Å². The van der Waals surface area contributed by atoms with E-state index in [-0.39, 0.29) is 0 Å². The van der Waals surface area contributed by atoms with Crippen LogP contribution in [0.3, 0.4) is 0 Å². The molecule has 0 fully saturated rings. The number of aryl methyl sites for hydroxylation is 5. The highest BCUT2D eigenvalue weighted by atomic mass is 15.1. The molecule has 0 spiro atoms. The summed E-state index contributed by atoms with van der Waals surface area (Å²) in [6, 6.07) is 57.1. The Hall–Kier alpha value is -7.08. The van der Waals surface area contributed by atoms with Gasteiger partial charge in [-0.25, -0.2) is 0 Å². The van der Waals surface area contributed by atoms with Gasteiger partial charge in [-0.15, -0.1) is 0 Å².